The molecule has 3 aromatic rings. The van der Waals surface area contributed by atoms with Crippen LogP contribution in [0.1, 0.15) is 42.6 Å². The van der Waals surface area contributed by atoms with Gasteiger partial charge in [0.05, 0.1) is 5.92 Å². The van der Waals surface area contributed by atoms with Gasteiger partial charge in [0.1, 0.15) is 0 Å². The molecule has 6 heteroatoms. The molecule has 142 valence electrons. The fraction of sp³-hybridized carbons (Fsp3) is 0.364. The number of aromatic nitrogens is 3. The third-order valence-electron chi connectivity index (χ3n) is 5.99. The number of benzene rings is 1. The van der Waals surface area contributed by atoms with E-state index in [9.17, 15) is 4.79 Å². The van der Waals surface area contributed by atoms with E-state index in [2.05, 4.69) is 21.2 Å². The summed E-state index contributed by atoms with van der Waals surface area (Å²) in [6, 6.07) is 13.8. The van der Waals surface area contributed by atoms with Crippen molar-refractivity contribution < 1.29 is 9.32 Å². The second kappa shape index (κ2) is 7.19. The zero-order valence-electron chi connectivity index (χ0n) is 15.6. The summed E-state index contributed by atoms with van der Waals surface area (Å²) in [7, 11) is 0. The number of amides is 1. The molecule has 0 unspecified atom stereocenters. The molecule has 0 radical (unpaired) electrons. The number of pyridine rings is 1. The molecule has 0 bridgehead atoms. The number of likely N-dealkylation sites (tertiary alicyclic amines) is 1. The first kappa shape index (κ1) is 17.1. The quantitative estimate of drug-likeness (QED) is 0.697. The lowest BCUT2D eigenvalue weighted by atomic mass is 9.84. The first-order valence-corrected chi connectivity index (χ1v) is 9.87. The number of carbonyl (C=O) groups excluding carboxylic acids is 1. The molecule has 1 saturated carbocycles. The number of hydrogen-bond acceptors (Lipinski definition) is 5. The standard InChI is InChI=1S/C22H22N4O2/c27-22(16-8-4-9-16)26-13-18(17-10-5-11-23-12-17)19(14-26)21-24-20(25-28-21)15-6-2-1-3-7-15/h1-3,5-7,10-12,16,18-19H,4,8-9,13-14H2/t18-,19+/m0/s1. The minimum absolute atomic E-state index is 0.0156. The lowest BCUT2D eigenvalue weighted by Gasteiger charge is -2.29. The third kappa shape index (κ3) is 3.09. The Morgan fingerprint density at radius 1 is 1.04 bits per heavy atom. The number of hydrogen-bond donors (Lipinski definition) is 0. The molecule has 2 aromatic heterocycles. The van der Waals surface area contributed by atoms with E-state index >= 15 is 0 Å². The average Bonchev–Trinajstić information content (AvgIpc) is 3.35. The lowest BCUT2D eigenvalue weighted by Crippen LogP contribution is -2.37. The Morgan fingerprint density at radius 2 is 1.86 bits per heavy atom. The topological polar surface area (TPSA) is 72.1 Å². The van der Waals surface area contributed by atoms with Gasteiger partial charge in [0.25, 0.3) is 0 Å². The zero-order chi connectivity index (χ0) is 18.9. The molecule has 1 aromatic carbocycles. The van der Waals surface area contributed by atoms with Gasteiger partial charge in [0.15, 0.2) is 0 Å². The molecule has 6 nitrogen and oxygen atoms in total. The van der Waals surface area contributed by atoms with Gasteiger partial charge in [-0.3, -0.25) is 9.78 Å². The van der Waals surface area contributed by atoms with Crippen molar-refractivity contribution in [2.24, 2.45) is 5.92 Å². The summed E-state index contributed by atoms with van der Waals surface area (Å²) in [4.78, 5) is 23.8. The van der Waals surface area contributed by atoms with Gasteiger partial charge in [0.2, 0.25) is 17.6 Å². The SMILES string of the molecule is O=C(C1CCC1)N1C[C@@H](c2cccnc2)[C@H](c2nc(-c3ccccc3)no2)C1. The lowest BCUT2D eigenvalue weighted by molar-refractivity contribution is -0.137. The second-order valence-corrected chi connectivity index (χ2v) is 7.69. The van der Waals surface area contributed by atoms with Crippen LogP contribution in [0.3, 0.4) is 0 Å². The molecule has 3 heterocycles. The minimum Gasteiger partial charge on any atom is -0.341 e. The molecule has 2 atom stereocenters. The Hall–Kier alpha value is -3.02. The third-order valence-corrected chi connectivity index (χ3v) is 5.99. The Bertz CT molecular complexity index is 953. The van der Waals surface area contributed by atoms with Gasteiger partial charge >= 0.3 is 0 Å². The van der Waals surface area contributed by atoms with E-state index in [1.807, 2.05) is 47.5 Å². The molecule has 2 aliphatic rings. The first-order chi connectivity index (χ1) is 13.8. The van der Waals surface area contributed by atoms with Crippen LogP contribution >= 0.6 is 0 Å². The summed E-state index contributed by atoms with van der Waals surface area (Å²) in [5.74, 6) is 1.74. The van der Waals surface area contributed by atoms with Crippen molar-refractivity contribution >= 4 is 5.91 Å². The molecule has 28 heavy (non-hydrogen) atoms. The van der Waals surface area contributed by atoms with Crippen molar-refractivity contribution in [3.63, 3.8) is 0 Å². The van der Waals surface area contributed by atoms with Crippen LogP contribution in [0.2, 0.25) is 0 Å². The summed E-state index contributed by atoms with van der Waals surface area (Å²) >= 11 is 0. The van der Waals surface area contributed by atoms with Crippen LogP contribution in [-0.2, 0) is 4.79 Å². The molecule has 2 fully saturated rings. The van der Waals surface area contributed by atoms with Crippen molar-refractivity contribution in [2.45, 2.75) is 31.1 Å². The Morgan fingerprint density at radius 3 is 2.57 bits per heavy atom. The van der Waals surface area contributed by atoms with Gasteiger partial charge < -0.3 is 9.42 Å². The summed E-state index contributed by atoms with van der Waals surface area (Å²) in [5.41, 5.74) is 2.03. The van der Waals surface area contributed by atoms with Crippen molar-refractivity contribution in [3.8, 4) is 11.4 Å². The Kier molecular flexibility index (Phi) is 4.39. The summed E-state index contributed by atoms with van der Waals surface area (Å²) < 4.78 is 5.66. The monoisotopic (exact) mass is 374 g/mol. The number of rotatable bonds is 4. The summed E-state index contributed by atoms with van der Waals surface area (Å²) in [6.07, 6.45) is 6.82. The fourth-order valence-corrected chi connectivity index (χ4v) is 4.17. The van der Waals surface area contributed by atoms with Crippen LogP contribution in [0, 0.1) is 5.92 Å². The van der Waals surface area contributed by atoms with E-state index in [0.29, 0.717) is 24.8 Å². The van der Waals surface area contributed by atoms with E-state index in [0.717, 1.165) is 30.4 Å². The highest BCUT2D eigenvalue weighted by atomic mass is 16.5. The van der Waals surface area contributed by atoms with Crippen molar-refractivity contribution in [1.29, 1.82) is 0 Å². The maximum absolute atomic E-state index is 12.9. The Labute approximate surface area is 163 Å². The Balaban J connectivity index is 1.45. The van der Waals surface area contributed by atoms with Crippen molar-refractivity contribution in [1.82, 2.24) is 20.0 Å². The highest BCUT2D eigenvalue weighted by Gasteiger charge is 2.42. The molecular weight excluding hydrogens is 352 g/mol. The molecule has 0 spiro atoms. The van der Waals surface area contributed by atoms with Crippen molar-refractivity contribution in [3.05, 3.63) is 66.3 Å². The fourth-order valence-electron chi connectivity index (χ4n) is 4.17. The van der Waals surface area contributed by atoms with Gasteiger partial charge in [-0.1, -0.05) is 48.0 Å². The second-order valence-electron chi connectivity index (χ2n) is 7.69. The summed E-state index contributed by atoms with van der Waals surface area (Å²) in [6.45, 7) is 1.29. The largest absolute Gasteiger partial charge is 0.341 e. The minimum atomic E-state index is -0.0156. The molecular formula is C22H22N4O2. The highest BCUT2D eigenvalue weighted by Crippen LogP contribution is 2.41. The van der Waals surface area contributed by atoms with E-state index in [4.69, 9.17) is 4.52 Å². The molecule has 1 saturated heterocycles. The van der Waals surface area contributed by atoms with Crippen LogP contribution in [0.4, 0.5) is 0 Å². The van der Waals surface area contributed by atoms with E-state index in [1.165, 1.54) is 0 Å². The van der Waals surface area contributed by atoms with E-state index in [-0.39, 0.29) is 23.7 Å². The smallest absolute Gasteiger partial charge is 0.232 e. The van der Waals surface area contributed by atoms with Crippen LogP contribution in [0.25, 0.3) is 11.4 Å². The van der Waals surface area contributed by atoms with Gasteiger partial charge in [-0.25, -0.2) is 0 Å². The molecule has 1 aliphatic heterocycles. The van der Waals surface area contributed by atoms with Crippen molar-refractivity contribution in [2.75, 3.05) is 13.1 Å². The molecule has 1 amide bonds. The maximum Gasteiger partial charge on any atom is 0.232 e. The molecule has 1 aliphatic carbocycles. The predicted octanol–water partition coefficient (Wildman–Crippen LogP) is 3.64. The summed E-state index contributed by atoms with van der Waals surface area (Å²) in [5, 5.41) is 4.19. The highest BCUT2D eigenvalue weighted by molar-refractivity contribution is 5.80. The van der Waals surface area contributed by atoms with Crippen LogP contribution in [-0.4, -0.2) is 39.0 Å². The normalized spacial score (nSPS) is 22.2. The van der Waals surface area contributed by atoms with Crippen LogP contribution in [0.15, 0.2) is 59.4 Å². The van der Waals surface area contributed by atoms with Gasteiger partial charge in [0, 0.05) is 42.9 Å². The predicted molar refractivity (Wildman–Crippen MR) is 103 cm³/mol. The van der Waals surface area contributed by atoms with E-state index < -0.39 is 0 Å². The number of carbonyl (C=O) groups is 1. The van der Waals surface area contributed by atoms with Gasteiger partial charge in [-0.15, -0.1) is 0 Å². The average molecular weight is 374 g/mol. The molecule has 0 N–H and O–H groups in total. The van der Waals surface area contributed by atoms with E-state index in [1.54, 1.807) is 6.20 Å². The maximum atomic E-state index is 12.9. The van der Waals surface area contributed by atoms with Gasteiger partial charge in [-0.2, -0.15) is 4.98 Å². The molecule has 5 rings (SSSR count). The first-order valence-electron chi connectivity index (χ1n) is 9.87. The van der Waals surface area contributed by atoms with Crippen LogP contribution < -0.4 is 0 Å². The zero-order valence-corrected chi connectivity index (χ0v) is 15.6. The van der Waals surface area contributed by atoms with Crippen LogP contribution in [0.5, 0.6) is 0 Å². The number of nitrogens with zero attached hydrogens (tertiary/aromatic N) is 4. The van der Waals surface area contributed by atoms with Gasteiger partial charge in [-0.05, 0) is 24.5 Å².